The molecule has 49 nitrogen and oxygen atoms in total. The molecule has 8 rings (SSSR count). The van der Waals surface area contributed by atoms with E-state index in [1.165, 1.54) is 0 Å². The number of aliphatic hydroxyl groups excluding tert-OH is 18. The van der Waals surface area contributed by atoms with E-state index in [0.29, 0.717) is 0 Å². The summed E-state index contributed by atoms with van der Waals surface area (Å²) in [7, 11) is 0. The Morgan fingerprint density at radius 1 is 0.212 bits per heavy atom. The van der Waals surface area contributed by atoms with Gasteiger partial charge in [-0.1, -0.05) is 0 Å². The van der Waals surface area contributed by atoms with Crippen LogP contribution in [-0.2, 0) is 109 Å². The van der Waals surface area contributed by atoms with Crippen molar-refractivity contribution in [3.63, 3.8) is 0 Å². The van der Waals surface area contributed by atoms with Crippen LogP contribution in [0, 0.1) is 0 Å². The predicted molar refractivity (Wildman–Crippen MR) is 357 cm³/mol. The highest BCUT2D eigenvalue weighted by Crippen LogP contribution is 2.34. The second-order valence-electron chi connectivity index (χ2n) is 28.5. The first-order valence-electron chi connectivity index (χ1n) is 36.0. The third-order valence-corrected chi connectivity index (χ3v) is 19.7. The molecule has 40 atom stereocenters. The molecule has 0 aromatic heterocycles. The van der Waals surface area contributed by atoms with Gasteiger partial charge >= 0.3 is 0 Å². The molecule has 26 N–H and O–H groups in total. The molecule has 0 bridgehead atoms. The van der Waals surface area contributed by atoms with Gasteiger partial charge in [-0.05, 0) is 0 Å². The molecule has 8 saturated heterocycles. The molecule has 0 aromatic rings. The second-order valence-corrected chi connectivity index (χ2v) is 28.5. The third-order valence-electron chi connectivity index (χ3n) is 19.7. The van der Waals surface area contributed by atoms with Crippen LogP contribution in [0.3, 0.4) is 0 Å². The Morgan fingerprint density at radius 3 is 0.504 bits per heavy atom. The van der Waals surface area contributed by atoms with Gasteiger partial charge in [-0.25, -0.2) is 0 Å². The van der Waals surface area contributed by atoms with Crippen molar-refractivity contribution in [3.05, 3.63) is 0 Å². The number of hydrogen-bond acceptors (Lipinski definition) is 41. The Balaban J connectivity index is 0.935. The van der Waals surface area contributed by atoms with E-state index in [0.717, 1.165) is 55.4 Å². The summed E-state index contributed by atoms with van der Waals surface area (Å²) in [4.78, 5) is 98.9. The van der Waals surface area contributed by atoms with Gasteiger partial charge in [0.1, 0.15) is 195 Å². The molecule has 8 aliphatic rings. The zero-order chi connectivity index (χ0) is 83.6. The summed E-state index contributed by atoms with van der Waals surface area (Å²) in [5.74, 6) is -6.15. The Bertz CT molecular complexity index is 3150. The minimum atomic E-state index is -2.03. The van der Waals surface area contributed by atoms with Crippen LogP contribution in [0.5, 0.6) is 0 Å². The number of aliphatic hydroxyl groups is 18. The summed E-state index contributed by atoms with van der Waals surface area (Å²) in [5, 5.41) is 220. The van der Waals surface area contributed by atoms with E-state index in [-0.39, 0.29) is 0 Å². The maximum atomic E-state index is 12.6. The predicted octanol–water partition coefficient (Wildman–Crippen LogP) is -17.3. The van der Waals surface area contributed by atoms with Gasteiger partial charge in [0.2, 0.25) is 47.3 Å². The van der Waals surface area contributed by atoms with Crippen molar-refractivity contribution in [3.8, 4) is 0 Å². The molecule has 113 heavy (non-hydrogen) atoms. The lowest BCUT2D eigenvalue weighted by Gasteiger charge is -2.47. The molecule has 8 amide bonds. The fraction of sp³-hybridized carbons (Fsp3) is 0.875. The molecule has 0 aliphatic carbocycles. The van der Waals surface area contributed by atoms with Crippen LogP contribution in [0.2, 0.25) is 0 Å². The van der Waals surface area contributed by atoms with Crippen molar-refractivity contribution in [2.45, 2.75) is 301 Å². The van der Waals surface area contributed by atoms with Crippen LogP contribution in [0.25, 0.3) is 0 Å². The van der Waals surface area contributed by atoms with E-state index < -0.39 is 345 Å². The second kappa shape index (κ2) is 41.2. The number of carbonyl (C=O) groups excluding carboxylic acids is 8. The molecule has 8 fully saturated rings. The summed E-state index contributed by atoms with van der Waals surface area (Å²) in [6.07, 6.45) is -58.5. The average molecular weight is 1640 g/mol. The Kier molecular flexibility index (Phi) is 33.9. The Hall–Kier alpha value is -5.56. The molecule has 49 heteroatoms. The number of carbonyl (C=O) groups is 8. The van der Waals surface area contributed by atoms with Gasteiger partial charge in [0, 0.05) is 55.4 Å². The molecule has 0 unspecified atom stereocenters. The standard InChI is InChI=1S/C64H106N8O41/c1-17(74)65-33-49(90)42(83)26(106-57(33)98)10-99-59-35(67-19(3)76)51(92)44(85)28(108-59)12-101-61-37(69-21(5)78)53(94)46(87)30(110-61)14-103-63-39(71-23(7)80)55(96)48(89)32(112-63)16-105-64-40(72-24(8)81)56(97)47(88)31(113-64)15-104-62-38(70-22(6)79)54(95)45(86)29(111-62)13-102-60-36(68-20(4)77)52(93)43(84)27(109-60)11-100-58-34(66-18(2)75)50(91)41(82)25(9-73)107-58/h25-64,73,82-98H,9-16H2,1-8H3,(H,65,74)(H,66,75)(H,67,76)(H,68,77)(H,69,78)(H,70,79)(H,71,80)(H,72,81)/t25-,26-,27-,28-,29-,30-,31-,32-,33-,34-,35-,36-,37-,38-,39-,40-,41-,42-,43-,44-,45-,46-,47-,48-,49-,50-,51-,52-,53-,54-,55-,56-,57-,58-,59-,60-,61-,62-,63-,64-/m1/s1. The minimum Gasteiger partial charge on any atom is -0.394 e. The van der Waals surface area contributed by atoms with Crippen LogP contribution in [0.4, 0.5) is 0 Å². The average Bonchev–Trinajstić information content (AvgIpc) is 0.790. The molecule has 0 radical (unpaired) electrons. The minimum absolute atomic E-state index is 0.682. The van der Waals surface area contributed by atoms with E-state index in [4.69, 9.17) is 71.1 Å². The van der Waals surface area contributed by atoms with Crippen LogP contribution < -0.4 is 42.5 Å². The Morgan fingerprint density at radius 2 is 0.345 bits per heavy atom. The molecule has 648 valence electrons. The lowest BCUT2D eigenvalue weighted by Crippen LogP contribution is -2.68. The molecule has 0 aromatic carbocycles. The normalized spacial score (nSPS) is 44.2. The smallest absolute Gasteiger partial charge is 0.217 e. The summed E-state index contributed by atoms with van der Waals surface area (Å²) in [6.45, 7) is 1.76. The largest absolute Gasteiger partial charge is 0.394 e. The molecule has 8 aliphatic heterocycles. The van der Waals surface area contributed by atoms with Crippen molar-refractivity contribution in [2.75, 3.05) is 52.9 Å². The van der Waals surface area contributed by atoms with Crippen molar-refractivity contribution in [1.82, 2.24) is 42.5 Å². The maximum absolute atomic E-state index is 12.6. The van der Waals surface area contributed by atoms with E-state index in [1.807, 2.05) is 0 Å². The molecule has 0 spiro atoms. The Labute approximate surface area is 642 Å². The summed E-state index contributed by atoms with van der Waals surface area (Å²) in [6, 6.07) is -12.8. The van der Waals surface area contributed by atoms with Crippen LogP contribution in [-0.4, -0.2) is 437 Å². The van der Waals surface area contributed by atoms with Crippen molar-refractivity contribution >= 4 is 47.3 Å². The first-order valence-corrected chi connectivity index (χ1v) is 36.0. The number of nitrogens with one attached hydrogen (secondary N) is 8. The van der Waals surface area contributed by atoms with Gasteiger partial charge in [0.25, 0.3) is 0 Å². The number of amides is 8. The van der Waals surface area contributed by atoms with E-state index in [9.17, 15) is 130 Å². The monoisotopic (exact) mass is 1640 g/mol. The lowest BCUT2D eigenvalue weighted by molar-refractivity contribution is -0.329. The van der Waals surface area contributed by atoms with E-state index >= 15 is 0 Å². The highest BCUT2D eigenvalue weighted by molar-refractivity contribution is 5.76. The van der Waals surface area contributed by atoms with Crippen LogP contribution in [0.1, 0.15) is 55.4 Å². The fourth-order valence-electron chi connectivity index (χ4n) is 14.0. The first kappa shape index (κ1) is 92.9. The number of rotatable bonds is 30. The number of ether oxygens (including phenoxy) is 15. The van der Waals surface area contributed by atoms with Gasteiger partial charge < -0.3 is 206 Å². The van der Waals surface area contributed by atoms with Gasteiger partial charge in [-0.3, -0.25) is 38.4 Å². The van der Waals surface area contributed by atoms with Gasteiger partial charge in [-0.15, -0.1) is 0 Å². The first-order chi connectivity index (χ1) is 53.1. The SMILES string of the molecule is CC(=O)N[C@@H]1[C@@H](O)[C@H](O)[C@@H](CO[C@@H]2O[C@H](CO[C@@H]3O[C@H](CO[C@@H]4O[C@H](CO[C@@H]5O[C@H](CO[C@@H]6O[C@H](CO[C@@H]7O[C@H](CO[C@@H]8O[C@H](CO)[C@@H](O)[C@H](O)[C@H]8NC(C)=O)[C@@H](O)[C@H](O)[C@H]7NC(C)=O)[C@@H](O)[C@H](O)[C@H]6NC(C)=O)[C@@H](O)[C@H](O)[C@H]5NC(C)=O)[C@@H](O)[C@H](O)[C@H]4NC(C)=O)[C@@H](O)[C@H](O)[C@H]3NC(C)=O)[C@@H](O)[C@H](O)[C@H]2NC(C)=O)O[C@H]1O. The zero-order valence-corrected chi connectivity index (χ0v) is 62.2. The summed E-state index contributed by atoms with van der Waals surface area (Å²) < 4.78 is 88.4. The van der Waals surface area contributed by atoms with E-state index in [2.05, 4.69) is 42.5 Å². The zero-order valence-electron chi connectivity index (χ0n) is 62.2. The van der Waals surface area contributed by atoms with Crippen molar-refractivity contribution in [1.29, 1.82) is 0 Å². The highest BCUT2D eigenvalue weighted by Gasteiger charge is 2.56. The fourth-order valence-corrected chi connectivity index (χ4v) is 14.0. The number of hydrogen-bond donors (Lipinski definition) is 26. The molecular weight excluding hydrogens is 1540 g/mol. The van der Waals surface area contributed by atoms with Crippen molar-refractivity contribution in [2.24, 2.45) is 0 Å². The summed E-state index contributed by atoms with van der Waals surface area (Å²) in [5.41, 5.74) is 0. The third kappa shape index (κ3) is 23.3. The highest BCUT2D eigenvalue weighted by atomic mass is 16.8. The van der Waals surface area contributed by atoms with Gasteiger partial charge in [0.05, 0.1) is 52.9 Å². The molecular formula is C64H106N8O41. The van der Waals surface area contributed by atoms with E-state index in [1.54, 1.807) is 0 Å². The maximum Gasteiger partial charge on any atom is 0.217 e. The molecule has 0 saturated carbocycles. The summed E-state index contributed by atoms with van der Waals surface area (Å²) >= 11 is 0. The topological polar surface area (TPSA) is 735 Å². The van der Waals surface area contributed by atoms with Crippen molar-refractivity contribution < 1.29 is 201 Å². The van der Waals surface area contributed by atoms with Crippen LogP contribution >= 0.6 is 0 Å². The quantitative estimate of drug-likeness (QED) is 0.0318. The van der Waals surface area contributed by atoms with Gasteiger partial charge in [0.15, 0.2) is 50.3 Å². The lowest BCUT2D eigenvalue weighted by atomic mass is 9.95. The molecule has 8 heterocycles. The van der Waals surface area contributed by atoms with Crippen LogP contribution in [0.15, 0.2) is 0 Å². The van der Waals surface area contributed by atoms with Gasteiger partial charge in [-0.2, -0.15) is 0 Å².